The number of rotatable bonds is 8. The number of nitrogens with zero attached hydrogens (tertiary/aromatic N) is 2. The zero-order valence-corrected chi connectivity index (χ0v) is 20.9. The number of amides is 1. The predicted molar refractivity (Wildman–Crippen MR) is 135 cm³/mol. The van der Waals surface area contributed by atoms with Gasteiger partial charge in [-0.25, -0.2) is 8.42 Å². The van der Waals surface area contributed by atoms with Crippen molar-refractivity contribution in [1.82, 2.24) is 9.21 Å². The summed E-state index contributed by atoms with van der Waals surface area (Å²) in [5.74, 6) is 0.326. The van der Waals surface area contributed by atoms with Gasteiger partial charge in [0.15, 0.2) is 0 Å². The molecule has 0 aliphatic carbocycles. The number of ether oxygens (including phenoxy) is 1. The fraction of sp³-hybridized carbons (Fsp3) is 0.269. The number of fused-ring (bicyclic) bond motifs is 1. The van der Waals surface area contributed by atoms with Crippen molar-refractivity contribution < 1.29 is 17.9 Å². The van der Waals surface area contributed by atoms with E-state index >= 15 is 0 Å². The molecule has 2 heterocycles. The van der Waals surface area contributed by atoms with Crippen molar-refractivity contribution in [2.75, 3.05) is 26.7 Å². The Labute approximate surface area is 205 Å². The highest BCUT2D eigenvalue weighted by Crippen LogP contribution is 2.38. The number of hydrogen-bond acceptors (Lipinski definition) is 5. The first-order chi connectivity index (χ1) is 16.3. The highest BCUT2D eigenvalue weighted by Gasteiger charge is 2.35. The van der Waals surface area contributed by atoms with Crippen LogP contribution in [0.25, 0.3) is 0 Å². The molecule has 6 nitrogen and oxygen atoms in total. The number of carbonyl (C=O) groups is 1. The summed E-state index contributed by atoms with van der Waals surface area (Å²) in [7, 11) is -2.38. The largest absolute Gasteiger partial charge is 0.497 e. The number of aryl methyl sites for hydroxylation is 1. The van der Waals surface area contributed by atoms with Gasteiger partial charge in [0, 0.05) is 18.0 Å². The van der Waals surface area contributed by atoms with Crippen molar-refractivity contribution >= 4 is 27.3 Å². The van der Waals surface area contributed by atoms with Crippen LogP contribution in [-0.4, -0.2) is 50.3 Å². The zero-order chi connectivity index (χ0) is 24.3. The van der Waals surface area contributed by atoms with E-state index < -0.39 is 10.0 Å². The average Bonchev–Trinajstić information content (AvgIpc) is 3.32. The van der Waals surface area contributed by atoms with Crippen molar-refractivity contribution in [3.63, 3.8) is 0 Å². The van der Waals surface area contributed by atoms with E-state index in [0.717, 1.165) is 23.1 Å². The van der Waals surface area contributed by atoms with E-state index in [1.807, 2.05) is 31.2 Å². The molecular formula is C26H28N2O4S2. The SMILES string of the molecule is C=CCN(CC(=O)N1CCc2sccc2C1c1ccc(C)cc1)S(=O)(=O)c1ccc(OC)cc1. The van der Waals surface area contributed by atoms with Crippen LogP contribution in [0.4, 0.5) is 0 Å². The van der Waals surface area contributed by atoms with E-state index in [-0.39, 0.29) is 29.9 Å². The van der Waals surface area contributed by atoms with Crippen molar-refractivity contribution in [3.8, 4) is 5.75 Å². The van der Waals surface area contributed by atoms with Crippen LogP contribution >= 0.6 is 11.3 Å². The lowest BCUT2D eigenvalue weighted by atomic mass is 9.92. The molecule has 2 aromatic carbocycles. The first-order valence-corrected chi connectivity index (χ1v) is 13.3. The van der Waals surface area contributed by atoms with Crippen molar-refractivity contribution in [3.05, 3.63) is 94.2 Å². The van der Waals surface area contributed by atoms with Gasteiger partial charge in [0.1, 0.15) is 5.75 Å². The maximum Gasteiger partial charge on any atom is 0.243 e. The number of thiophene rings is 1. The maximum absolute atomic E-state index is 13.6. The van der Waals surface area contributed by atoms with Crippen LogP contribution in [0.3, 0.4) is 0 Å². The fourth-order valence-corrected chi connectivity index (χ4v) is 6.49. The summed E-state index contributed by atoms with van der Waals surface area (Å²) in [4.78, 5) is 16.8. The first kappa shape index (κ1) is 24.2. The minimum Gasteiger partial charge on any atom is -0.497 e. The second kappa shape index (κ2) is 10.1. The van der Waals surface area contributed by atoms with Crippen molar-refractivity contribution in [2.24, 2.45) is 0 Å². The lowest BCUT2D eigenvalue weighted by Gasteiger charge is -2.37. The lowest BCUT2D eigenvalue weighted by Crippen LogP contribution is -2.46. The lowest BCUT2D eigenvalue weighted by molar-refractivity contribution is -0.133. The quantitative estimate of drug-likeness (QED) is 0.433. The van der Waals surface area contributed by atoms with Crippen LogP contribution in [0.2, 0.25) is 0 Å². The van der Waals surface area contributed by atoms with E-state index in [9.17, 15) is 13.2 Å². The number of sulfonamides is 1. The monoisotopic (exact) mass is 496 g/mol. The molecule has 1 amide bonds. The summed E-state index contributed by atoms with van der Waals surface area (Å²) in [5, 5.41) is 2.05. The van der Waals surface area contributed by atoms with Gasteiger partial charge in [-0.1, -0.05) is 35.9 Å². The Morgan fingerprint density at radius 2 is 1.88 bits per heavy atom. The summed E-state index contributed by atoms with van der Waals surface area (Å²) < 4.78 is 33.0. The molecule has 178 valence electrons. The van der Waals surface area contributed by atoms with Gasteiger partial charge in [0.25, 0.3) is 0 Å². The van der Waals surface area contributed by atoms with Crippen LogP contribution in [0.1, 0.15) is 27.6 Å². The molecule has 1 aliphatic rings. The van der Waals surface area contributed by atoms with Gasteiger partial charge in [-0.3, -0.25) is 4.79 Å². The third kappa shape index (κ3) is 4.80. The smallest absolute Gasteiger partial charge is 0.243 e. The van der Waals surface area contributed by atoms with Crippen LogP contribution in [0.15, 0.2) is 77.5 Å². The van der Waals surface area contributed by atoms with Gasteiger partial charge in [-0.05, 0) is 60.2 Å². The minimum atomic E-state index is -3.90. The van der Waals surface area contributed by atoms with Gasteiger partial charge in [0.2, 0.25) is 15.9 Å². The van der Waals surface area contributed by atoms with Gasteiger partial charge in [0.05, 0.1) is 24.6 Å². The average molecular weight is 497 g/mol. The van der Waals surface area contributed by atoms with E-state index in [4.69, 9.17) is 4.74 Å². The molecule has 34 heavy (non-hydrogen) atoms. The molecule has 1 unspecified atom stereocenters. The Kier molecular flexibility index (Phi) is 7.21. The molecule has 1 aliphatic heterocycles. The molecular weight excluding hydrogens is 468 g/mol. The number of methoxy groups -OCH3 is 1. The summed E-state index contributed by atoms with van der Waals surface area (Å²) in [6.07, 6.45) is 2.26. The van der Waals surface area contributed by atoms with E-state index in [1.165, 1.54) is 34.5 Å². The molecule has 0 radical (unpaired) electrons. The van der Waals surface area contributed by atoms with Crippen LogP contribution in [0, 0.1) is 6.92 Å². The molecule has 4 rings (SSSR count). The van der Waals surface area contributed by atoms with Gasteiger partial charge in [-0.15, -0.1) is 17.9 Å². The summed E-state index contributed by atoms with van der Waals surface area (Å²) in [6, 6.07) is 16.2. The third-order valence-corrected chi connectivity index (χ3v) is 8.84. The zero-order valence-electron chi connectivity index (χ0n) is 19.3. The van der Waals surface area contributed by atoms with Crippen LogP contribution in [0.5, 0.6) is 5.75 Å². The van der Waals surface area contributed by atoms with Crippen molar-refractivity contribution in [1.29, 1.82) is 0 Å². The summed E-state index contributed by atoms with van der Waals surface area (Å²) in [6.45, 7) is 6.04. The fourth-order valence-electron chi connectivity index (χ4n) is 4.22. The second-order valence-electron chi connectivity index (χ2n) is 8.21. The molecule has 0 fully saturated rings. The molecule has 0 saturated carbocycles. The van der Waals surface area contributed by atoms with Gasteiger partial charge >= 0.3 is 0 Å². The molecule has 3 aromatic rings. The van der Waals surface area contributed by atoms with E-state index in [1.54, 1.807) is 28.4 Å². The highest BCUT2D eigenvalue weighted by molar-refractivity contribution is 7.89. The Bertz CT molecular complexity index is 1260. The van der Waals surface area contributed by atoms with E-state index in [2.05, 4.69) is 18.0 Å². The Balaban J connectivity index is 1.64. The molecule has 1 atom stereocenters. The summed E-state index contributed by atoms with van der Waals surface area (Å²) >= 11 is 1.70. The maximum atomic E-state index is 13.6. The molecule has 0 N–H and O–H groups in total. The van der Waals surface area contributed by atoms with Crippen LogP contribution < -0.4 is 4.74 Å². The van der Waals surface area contributed by atoms with E-state index in [0.29, 0.717) is 12.3 Å². The molecule has 8 heteroatoms. The van der Waals surface area contributed by atoms with Gasteiger partial charge in [-0.2, -0.15) is 4.31 Å². The minimum absolute atomic E-state index is 0.0346. The molecule has 0 bridgehead atoms. The summed E-state index contributed by atoms with van der Waals surface area (Å²) in [5.41, 5.74) is 3.28. The predicted octanol–water partition coefficient (Wildman–Crippen LogP) is 4.42. The Morgan fingerprint density at radius 1 is 1.18 bits per heavy atom. The van der Waals surface area contributed by atoms with Crippen molar-refractivity contribution in [2.45, 2.75) is 24.3 Å². The third-order valence-electron chi connectivity index (χ3n) is 6.02. The Morgan fingerprint density at radius 3 is 2.53 bits per heavy atom. The second-order valence-corrected chi connectivity index (χ2v) is 11.1. The first-order valence-electron chi connectivity index (χ1n) is 11.0. The molecule has 0 saturated heterocycles. The van der Waals surface area contributed by atoms with Gasteiger partial charge < -0.3 is 9.64 Å². The topological polar surface area (TPSA) is 66.9 Å². The standard InChI is InChI=1S/C26H28N2O4S2/c1-4-15-27(34(30,31)22-11-9-21(32-3)10-12-22)18-25(29)28-16-13-24-23(14-17-33-24)26(28)20-7-5-19(2)6-8-20/h4-12,14,17,26H,1,13,15-16,18H2,2-3H3. The molecule has 0 spiro atoms. The number of carbonyl (C=O) groups excluding carboxylic acids is 1. The molecule has 1 aromatic heterocycles. The Hall–Kier alpha value is -2.94. The highest BCUT2D eigenvalue weighted by atomic mass is 32.2. The normalized spacial score (nSPS) is 15.7. The number of hydrogen-bond donors (Lipinski definition) is 0. The van der Waals surface area contributed by atoms with Crippen LogP contribution in [-0.2, 0) is 21.2 Å². The number of benzene rings is 2.